The summed E-state index contributed by atoms with van der Waals surface area (Å²) in [6.45, 7) is 1.31. The number of nitrogens with one attached hydrogen (secondary N) is 1. The zero-order chi connectivity index (χ0) is 24.1. The minimum absolute atomic E-state index is 0.0412. The van der Waals surface area contributed by atoms with Gasteiger partial charge in [0, 0.05) is 50.1 Å². The molecule has 1 fully saturated rings. The lowest BCUT2D eigenvalue weighted by atomic mass is 10.0. The lowest BCUT2D eigenvalue weighted by Crippen LogP contribution is -2.30. The van der Waals surface area contributed by atoms with E-state index in [1.54, 1.807) is 41.4 Å². The van der Waals surface area contributed by atoms with Gasteiger partial charge in [-0.25, -0.2) is 4.68 Å². The first-order chi connectivity index (χ1) is 16.3. The summed E-state index contributed by atoms with van der Waals surface area (Å²) in [5.41, 5.74) is -0.433. The molecule has 1 aliphatic rings. The van der Waals surface area contributed by atoms with Crippen LogP contribution in [0.5, 0.6) is 0 Å². The number of amides is 2. The predicted molar refractivity (Wildman–Crippen MR) is 118 cm³/mol. The van der Waals surface area contributed by atoms with Gasteiger partial charge < -0.3 is 10.2 Å². The SMILES string of the molecule is O=C(NCCCC(=O)N1CCC(c2ccccn2)C1)c1cn(-c2ccccc2)nc1C(F)(F)F. The molecular weight excluding hydrogens is 447 g/mol. The molecule has 1 saturated heterocycles. The van der Waals surface area contributed by atoms with Crippen LogP contribution in [0, 0.1) is 0 Å². The number of hydrogen-bond acceptors (Lipinski definition) is 4. The molecule has 0 radical (unpaired) electrons. The van der Waals surface area contributed by atoms with Crippen molar-refractivity contribution in [3.8, 4) is 5.69 Å². The van der Waals surface area contributed by atoms with E-state index in [-0.39, 0.29) is 24.8 Å². The maximum absolute atomic E-state index is 13.4. The maximum atomic E-state index is 13.4. The summed E-state index contributed by atoms with van der Waals surface area (Å²) >= 11 is 0. The van der Waals surface area contributed by atoms with E-state index in [1.807, 2.05) is 18.2 Å². The first-order valence-corrected chi connectivity index (χ1v) is 11.0. The largest absolute Gasteiger partial charge is 0.435 e. The fourth-order valence-corrected chi connectivity index (χ4v) is 4.00. The normalized spacial score (nSPS) is 16.0. The van der Waals surface area contributed by atoms with E-state index < -0.39 is 23.3 Å². The van der Waals surface area contributed by atoms with Gasteiger partial charge in [0.15, 0.2) is 5.69 Å². The standard InChI is InChI=1S/C24H24F3N5O2/c25-24(26,27)22-19(16-32(30-22)18-7-2-1-3-8-18)23(34)29-13-6-10-21(33)31-14-11-17(15-31)20-9-4-5-12-28-20/h1-5,7-9,12,16-17H,6,10-11,13-15H2,(H,29,34). The Labute approximate surface area is 194 Å². The number of likely N-dealkylation sites (tertiary alicyclic amines) is 1. The second-order valence-corrected chi connectivity index (χ2v) is 8.11. The van der Waals surface area contributed by atoms with Crippen molar-refractivity contribution in [2.24, 2.45) is 0 Å². The number of para-hydroxylation sites is 1. The molecule has 3 aromatic rings. The average molecular weight is 471 g/mol. The highest BCUT2D eigenvalue weighted by Crippen LogP contribution is 2.31. The zero-order valence-corrected chi connectivity index (χ0v) is 18.3. The molecule has 0 saturated carbocycles. The summed E-state index contributed by atoms with van der Waals surface area (Å²) in [7, 11) is 0. The van der Waals surface area contributed by atoms with Crippen LogP contribution in [0.2, 0.25) is 0 Å². The van der Waals surface area contributed by atoms with Gasteiger partial charge in [-0.05, 0) is 37.1 Å². The smallest absolute Gasteiger partial charge is 0.352 e. The van der Waals surface area contributed by atoms with Gasteiger partial charge in [0.2, 0.25) is 5.91 Å². The average Bonchev–Trinajstić information content (AvgIpc) is 3.51. The summed E-state index contributed by atoms with van der Waals surface area (Å²) in [5, 5.41) is 6.06. The Kier molecular flexibility index (Phi) is 6.95. The summed E-state index contributed by atoms with van der Waals surface area (Å²) in [6, 6.07) is 14.0. The zero-order valence-electron chi connectivity index (χ0n) is 18.3. The highest BCUT2D eigenvalue weighted by atomic mass is 19.4. The fraction of sp³-hybridized carbons (Fsp3) is 0.333. The first kappa shape index (κ1) is 23.5. The molecule has 2 aromatic heterocycles. The lowest BCUT2D eigenvalue weighted by molar-refractivity contribution is -0.141. The van der Waals surface area contributed by atoms with Gasteiger partial charge in [0.25, 0.3) is 5.91 Å². The number of nitrogens with zero attached hydrogens (tertiary/aromatic N) is 4. The number of halogens is 3. The van der Waals surface area contributed by atoms with Crippen molar-refractivity contribution in [3.05, 3.63) is 77.9 Å². The number of benzene rings is 1. The summed E-state index contributed by atoms with van der Waals surface area (Å²) < 4.78 is 41.4. The summed E-state index contributed by atoms with van der Waals surface area (Å²) in [4.78, 5) is 31.1. The number of alkyl halides is 3. The minimum Gasteiger partial charge on any atom is -0.352 e. The highest BCUT2D eigenvalue weighted by molar-refractivity contribution is 5.95. The third-order valence-corrected chi connectivity index (χ3v) is 5.75. The van der Waals surface area contributed by atoms with Crippen LogP contribution in [-0.4, -0.2) is 51.1 Å². The number of carbonyl (C=O) groups excluding carboxylic acids is 2. The van der Waals surface area contributed by atoms with E-state index in [4.69, 9.17) is 0 Å². The Morgan fingerprint density at radius 1 is 1.09 bits per heavy atom. The number of pyridine rings is 1. The van der Waals surface area contributed by atoms with Gasteiger partial charge in [0.1, 0.15) is 0 Å². The van der Waals surface area contributed by atoms with Gasteiger partial charge in [-0.15, -0.1) is 0 Å². The molecule has 3 heterocycles. The van der Waals surface area contributed by atoms with Gasteiger partial charge in [-0.1, -0.05) is 24.3 Å². The molecule has 2 amide bonds. The molecule has 4 rings (SSSR count). The van der Waals surface area contributed by atoms with Crippen LogP contribution in [0.3, 0.4) is 0 Å². The molecule has 7 nitrogen and oxygen atoms in total. The van der Waals surface area contributed by atoms with Crippen LogP contribution in [0.25, 0.3) is 5.69 Å². The van der Waals surface area contributed by atoms with Gasteiger partial charge in [-0.2, -0.15) is 18.3 Å². The molecule has 0 aliphatic carbocycles. The molecule has 1 aliphatic heterocycles. The van der Waals surface area contributed by atoms with E-state index >= 15 is 0 Å². The molecule has 1 N–H and O–H groups in total. The topological polar surface area (TPSA) is 80.1 Å². The number of aromatic nitrogens is 3. The van der Waals surface area contributed by atoms with Crippen molar-refractivity contribution in [2.45, 2.75) is 31.4 Å². The third-order valence-electron chi connectivity index (χ3n) is 5.75. The van der Waals surface area contributed by atoms with Crippen molar-refractivity contribution in [2.75, 3.05) is 19.6 Å². The third kappa shape index (κ3) is 5.44. The van der Waals surface area contributed by atoms with Crippen LogP contribution in [-0.2, 0) is 11.0 Å². The van der Waals surface area contributed by atoms with E-state index in [0.717, 1.165) is 23.0 Å². The van der Waals surface area contributed by atoms with E-state index in [2.05, 4.69) is 15.4 Å². The van der Waals surface area contributed by atoms with Gasteiger partial charge in [0.05, 0.1) is 11.3 Å². The Morgan fingerprint density at radius 3 is 2.56 bits per heavy atom. The number of carbonyl (C=O) groups is 2. The Bertz CT molecular complexity index is 1130. The van der Waals surface area contributed by atoms with Crippen molar-refractivity contribution < 1.29 is 22.8 Å². The molecule has 1 unspecified atom stereocenters. The molecule has 178 valence electrons. The second-order valence-electron chi connectivity index (χ2n) is 8.11. The van der Waals surface area contributed by atoms with Crippen molar-refractivity contribution >= 4 is 11.8 Å². The van der Waals surface area contributed by atoms with Gasteiger partial charge in [-0.3, -0.25) is 14.6 Å². The molecule has 34 heavy (non-hydrogen) atoms. The monoisotopic (exact) mass is 471 g/mol. The van der Waals surface area contributed by atoms with Crippen LogP contribution >= 0.6 is 0 Å². The Balaban J connectivity index is 1.30. The highest BCUT2D eigenvalue weighted by Gasteiger charge is 2.39. The lowest BCUT2D eigenvalue weighted by Gasteiger charge is -2.16. The quantitative estimate of drug-likeness (QED) is 0.532. The first-order valence-electron chi connectivity index (χ1n) is 11.0. The van der Waals surface area contributed by atoms with Gasteiger partial charge >= 0.3 is 6.18 Å². The predicted octanol–water partition coefficient (Wildman–Crippen LogP) is 3.81. The Morgan fingerprint density at radius 2 is 1.85 bits per heavy atom. The van der Waals surface area contributed by atoms with E-state index in [9.17, 15) is 22.8 Å². The van der Waals surface area contributed by atoms with Crippen molar-refractivity contribution in [1.82, 2.24) is 25.0 Å². The molecule has 10 heteroatoms. The second kappa shape index (κ2) is 10.1. The minimum atomic E-state index is -4.78. The Hall–Kier alpha value is -3.69. The molecule has 0 spiro atoms. The molecule has 1 atom stereocenters. The van der Waals surface area contributed by atoms with Crippen LogP contribution in [0.15, 0.2) is 60.9 Å². The number of hydrogen-bond donors (Lipinski definition) is 1. The maximum Gasteiger partial charge on any atom is 0.435 e. The summed E-state index contributed by atoms with van der Waals surface area (Å²) in [6.07, 6.45) is -0.612. The van der Waals surface area contributed by atoms with Crippen LogP contribution in [0.4, 0.5) is 13.2 Å². The van der Waals surface area contributed by atoms with Crippen LogP contribution in [0.1, 0.15) is 46.9 Å². The molecular formula is C24H24F3N5O2. The molecule has 0 bridgehead atoms. The number of rotatable bonds is 7. The summed E-state index contributed by atoms with van der Waals surface area (Å²) in [5.74, 6) is -0.717. The molecule has 1 aromatic carbocycles. The van der Waals surface area contributed by atoms with Crippen molar-refractivity contribution in [3.63, 3.8) is 0 Å². The fourth-order valence-electron chi connectivity index (χ4n) is 4.00. The van der Waals surface area contributed by atoms with Crippen LogP contribution < -0.4 is 5.32 Å². The van der Waals surface area contributed by atoms with E-state index in [0.29, 0.717) is 25.2 Å². The van der Waals surface area contributed by atoms with Crippen molar-refractivity contribution in [1.29, 1.82) is 0 Å². The van der Waals surface area contributed by atoms with E-state index in [1.165, 1.54) is 0 Å².